The molecule has 0 saturated heterocycles. The van der Waals surface area contributed by atoms with Gasteiger partial charge in [0.05, 0.1) is 18.8 Å². The molecule has 6 nitrogen and oxygen atoms in total. The molecule has 0 N–H and O–H groups in total. The second kappa shape index (κ2) is 6.36. The lowest BCUT2D eigenvalue weighted by Crippen LogP contribution is -2.21. The van der Waals surface area contributed by atoms with Crippen molar-refractivity contribution in [3.05, 3.63) is 22.5 Å². The van der Waals surface area contributed by atoms with Gasteiger partial charge >= 0.3 is 11.9 Å². The third-order valence-corrected chi connectivity index (χ3v) is 3.09. The van der Waals surface area contributed by atoms with Crippen LogP contribution in [0.1, 0.15) is 46.0 Å². The zero-order chi connectivity index (χ0) is 15.4. The van der Waals surface area contributed by atoms with Gasteiger partial charge in [0.25, 0.3) is 5.78 Å². The van der Waals surface area contributed by atoms with E-state index in [4.69, 9.17) is 9.47 Å². The average molecular weight is 281 g/mol. The fraction of sp³-hybridized carbons (Fsp3) is 0.500. The molecule has 20 heavy (non-hydrogen) atoms. The topological polar surface area (TPSA) is 74.6 Å². The van der Waals surface area contributed by atoms with Crippen LogP contribution in [0.25, 0.3) is 0 Å². The second-order valence-electron chi connectivity index (χ2n) is 4.26. The fourth-order valence-electron chi connectivity index (χ4n) is 2.10. The fourth-order valence-corrected chi connectivity index (χ4v) is 2.10. The van der Waals surface area contributed by atoms with Gasteiger partial charge in [-0.25, -0.2) is 9.59 Å². The predicted octanol–water partition coefficient (Wildman–Crippen LogP) is 1.56. The lowest BCUT2D eigenvalue weighted by atomic mass is 10.1. The van der Waals surface area contributed by atoms with Crippen LogP contribution in [0.3, 0.4) is 0 Å². The van der Waals surface area contributed by atoms with Crippen molar-refractivity contribution >= 4 is 17.7 Å². The third kappa shape index (κ3) is 2.74. The van der Waals surface area contributed by atoms with Crippen molar-refractivity contribution in [3.63, 3.8) is 0 Å². The van der Waals surface area contributed by atoms with Crippen LogP contribution in [0, 0.1) is 13.8 Å². The van der Waals surface area contributed by atoms with Crippen molar-refractivity contribution in [1.82, 2.24) is 4.57 Å². The highest BCUT2D eigenvalue weighted by Crippen LogP contribution is 2.22. The molecule has 0 unspecified atom stereocenters. The van der Waals surface area contributed by atoms with Gasteiger partial charge in [0, 0.05) is 12.7 Å². The van der Waals surface area contributed by atoms with Gasteiger partial charge in [-0.1, -0.05) is 0 Å². The van der Waals surface area contributed by atoms with E-state index < -0.39 is 17.7 Å². The lowest BCUT2D eigenvalue weighted by Gasteiger charge is -2.04. The Morgan fingerprint density at radius 1 is 1.05 bits per heavy atom. The van der Waals surface area contributed by atoms with Crippen LogP contribution in [0.2, 0.25) is 0 Å². The van der Waals surface area contributed by atoms with Gasteiger partial charge in [-0.3, -0.25) is 4.79 Å². The number of rotatable bonds is 5. The Bertz CT molecular complexity index is 556. The number of hydrogen-bond acceptors (Lipinski definition) is 5. The number of nitrogens with zero attached hydrogens (tertiary/aromatic N) is 1. The number of carbonyl (C=O) groups is 3. The molecule has 0 amide bonds. The summed E-state index contributed by atoms with van der Waals surface area (Å²) in [7, 11) is 1.62. The second-order valence-corrected chi connectivity index (χ2v) is 4.26. The minimum absolute atomic E-state index is 0.123. The summed E-state index contributed by atoms with van der Waals surface area (Å²) in [6, 6.07) is 0. The number of ether oxygens (including phenoxy) is 2. The first-order chi connectivity index (χ1) is 9.36. The predicted molar refractivity (Wildman–Crippen MR) is 71.8 cm³/mol. The Morgan fingerprint density at radius 3 is 2.10 bits per heavy atom. The molecule has 0 aliphatic rings. The van der Waals surface area contributed by atoms with Crippen LogP contribution in [0.4, 0.5) is 0 Å². The molecular formula is C14H19NO5. The van der Waals surface area contributed by atoms with Crippen molar-refractivity contribution in [1.29, 1.82) is 0 Å². The van der Waals surface area contributed by atoms with Gasteiger partial charge in [0.1, 0.15) is 5.69 Å². The molecule has 1 aromatic heterocycles. The summed E-state index contributed by atoms with van der Waals surface area (Å²) >= 11 is 0. The van der Waals surface area contributed by atoms with Crippen LogP contribution in [-0.4, -0.2) is 35.5 Å². The van der Waals surface area contributed by atoms with Gasteiger partial charge in [-0.15, -0.1) is 0 Å². The lowest BCUT2D eigenvalue weighted by molar-refractivity contribution is -0.137. The van der Waals surface area contributed by atoms with E-state index in [1.54, 1.807) is 34.7 Å². The minimum atomic E-state index is -0.924. The molecule has 1 rings (SSSR count). The van der Waals surface area contributed by atoms with Crippen LogP contribution in [0.15, 0.2) is 0 Å². The number of ketones is 1. The molecule has 0 saturated carbocycles. The summed E-state index contributed by atoms with van der Waals surface area (Å²) < 4.78 is 11.2. The van der Waals surface area contributed by atoms with Gasteiger partial charge in [-0.2, -0.15) is 0 Å². The molecule has 0 spiro atoms. The highest BCUT2D eigenvalue weighted by Gasteiger charge is 2.29. The first-order valence-electron chi connectivity index (χ1n) is 6.41. The van der Waals surface area contributed by atoms with Gasteiger partial charge in [0.2, 0.25) is 0 Å². The first kappa shape index (κ1) is 15.9. The third-order valence-electron chi connectivity index (χ3n) is 3.09. The molecule has 110 valence electrons. The maximum absolute atomic E-state index is 12.1. The van der Waals surface area contributed by atoms with E-state index in [-0.39, 0.29) is 18.9 Å². The number of hydrogen-bond donors (Lipinski definition) is 0. The van der Waals surface area contributed by atoms with Crippen LogP contribution >= 0.6 is 0 Å². The Hall–Kier alpha value is -2.11. The molecule has 0 radical (unpaired) electrons. The van der Waals surface area contributed by atoms with Crippen LogP contribution in [-0.2, 0) is 21.3 Å². The minimum Gasteiger partial charge on any atom is -0.462 e. The SMILES string of the molecule is CCOC(=O)C(=O)c1c(C)c(C(=O)OCC)c(C)n1C. The first-order valence-corrected chi connectivity index (χ1v) is 6.41. The normalized spacial score (nSPS) is 10.2. The molecule has 6 heteroatoms. The molecule has 0 aromatic carbocycles. The molecule has 0 bridgehead atoms. The molecule has 0 aliphatic carbocycles. The highest BCUT2D eigenvalue weighted by molar-refractivity contribution is 6.40. The Kier molecular flexibility index (Phi) is 5.07. The Labute approximate surface area is 117 Å². The molecular weight excluding hydrogens is 262 g/mol. The van der Waals surface area contributed by atoms with Gasteiger partial charge in [-0.05, 0) is 33.3 Å². The standard InChI is InChI=1S/C14H19NO5/c1-6-19-13(17)10-8(3)11(15(5)9(10)4)12(16)14(18)20-7-2/h6-7H2,1-5H3. The van der Waals surface area contributed by atoms with E-state index in [0.717, 1.165) is 0 Å². The quantitative estimate of drug-likeness (QED) is 0.465. The number of aromatic nitrogens is 1. The van der Waals surface area contributed by atoms with Crippen molar-refractivity contribution < 1.29 is 23.9 Å². The number of esters is 2. The summed E-state index contributed by atoms with van der Waals surface area (Å²) in [6.45, 7) is 7.01. The zero-order valence-corrected chi connectivity index (χ0v) is 12.4. The van der Waals surface area contributed by atoms with Gasteiger partial charge in [0.15, 0.2) is 0 Å². The van der Waals surface area contributed by atoms with Crippen molar-refractivity contribution in [3.8, 4) is 0 Å². The molecule has 0 atom stereocenters. The van der Waals surface area contributed by atoms with Crippen molar-refractivity contribution in [2.45, 2.75) is 27.7 Å². The summed E-state index contributed by atoms with van der Waals surface area (Å²) in [5, 5.41) is 0. The van der Waals surface area contributed by atoms with Crippen LogP contribution in [0.5, 0.6) is 0 Å². The molecule has 1 heterocycles. The van der Waals surface area contributed by atoms with E-state index in [1.807, 2.05) is 0 Å². The monoisotopic (exact) mass is 281 g/mol. The van der Waals surface area contributed by atoms with E-state index in [0.29, 0.717) is 16.8 Å². The van der Waals surface area contributed by atoms with Gasteiger partial charge < -0.3 is 14.0 Å². The Balaban J connectivity index is 3.30. The summed E-state index contributed by atoms with van der Waals surface area (Å²) in [5.41, 5.74) is 1.49. The Morgan fingerprint density at radius 2 is 1.60 bits per heavy atom. The summed E-state index contributed by atoms with van der Waals surface area (Å²) in [5.74, 6) is -2.18. The molecule has 0 aliphatic heterocycles. The van der Waals surface area contributed by atoms with Crippen LogP contribution < -0.4 is 0 Å². The highest BCUT2D eigenvalue weighted by atomic mass is 16.5. The maximum atomic E-state index is 12.1. The zero-order valence-electron chi connectivity index (χ0n) is 12.4. The van der Waals surface area contributed by atoms with E-state index in [2.05, 4.69) is 0 Å². The van der Waals surface area contributed by atoms with E-state index in [1.165, 1.54) is 4.57 Å². The summed E-state index contributed by atoms with van der Waals surface area (Å²) in [6.07, 6.45) is 0. The maximum Gasteiger partial charge on any atom is 0.381 e. The largest absolute Gasteiger partial charge is 0.462 e. The molecule has 0 fully saturated rings. The van der Waals surface area contributed by atoms with E-state index in [9.17, 15) is 14.4 Å². The average Bonchev–Trinajstić information content (AvgIpc) is 2.60. The molecule has 1 aromatic rings. The number of Topliss-reactive ketones (excluding diaryl/α,β-unsaturated/α-hetero) is 1. The van der Waals surface area contributed by atoms with Crippen molar-refractivity contribution in [2.24, 2.45) is 7.05 Å². The van der Waals surface area contributed by atoms with Crippen molar-refractivity contribution in [2.75, 3.05) is 13.2 Å². The van der Waals surface area contributed by atoms with E-state index >= 15 is 0 Å². The number of carbonyl (C=O) groups excluding carboxylic acids is 3. The smallest absolute Gasteiger partial charge is 0.381 e. The summed E-state index contributed by atoms with van der Waals surface area (Å²) in [4.78, 5) is 35.5.